The Bertz CT molecular complexity index is 691. The van der Waals surface area contributed by atoms with Crippen LogP contribution in [-0.2, 0) is 0 Å². The topological polar surface area (TPSA) is 39.4 Å². The Kier molecular flexibility index (Phi) is 2.91. The van der Waals surface area contributed by atoms with Crippen LogP contribution in [0.1, 0.15) is 5.69 Å². The average Bonchev–Trinajstić information content (AvgIpc) is 2.73. The molecule has 4 nitrogen and oxygen atoms in total. The Morgan fingerprint density at radius 1 is 1.22 bits per heavy atom. The van der Waals surface area contributed by atoms with E-state index in [4.69, 9.17) is 4.74 Å². The van der Waals surface area contributed by atoms with Crippen molar-refractivity contribution in [2.45, 2.75) is 6.92 Å². The van der Waals surface area contributed by atoms with E-state index in [1.807, 2.05) is 43.5 Å². The molecule has 0 saturated heterocycles. The van der Waals surface area contributed by atoms with E-state index in [9.17, 15) is 0 Å². The number of benzene rings is 1. The highest BCUT2D eigenvalue weighted by Crippen LogP contribution is 2.24. The maximum atomic E-state index is 5.78. The maximum absolute atomic E-state index is 5.78. The molecule has 0 bridgehead atoms. The van der Waals surface area contributed by atoms with E-state index in [2.05, 4.69) is 32.7 Å². The summed E-state index contributed by atoms with van der Waals surface area (Å²) in [6, 6.07) is 9.80. The Hall–Kier alpha value is -1.63. The van der Waals surface area contributed by atoms with Crippen LogP contribution in [0.15, 0.2) is 42.7 Å². The predicted octanol–water partition coefficient (Wildman–Crippen LogP) is 3.43. The first-order valence-electron chi connectivity index (χ1n) is 5.47. The fourth-order valence-electron chi connectivity index (χ4n) is 1.71. The third-order valence-electron chi connectivity index (χ3n) is 2.50. The van der Waals surface area contributed by atoms with Crippen molar-refractivity contribution in [3.63, 3.8) is 0 Å². The van der Waals surface area contributed by atoms with Crippen LogP contribution in [-0.4, -0.2) is 14.6 Å². The second kappa shape index (κ2) is 4.56. The molecular weight excluding hydrogens is 341 g/mol. The summed E-state index contributed by atoms with van der Waals surface area (Å²) in [5.74, 6) is 1.34. The normalized spacial score (nSPS) is 10.8. The molecule has 1 aromatic carbocycles. The van der Waals surface area contributed by atoms with Crippen LogP contribution in [0, 0.1) is 10.5 Å². The van der Waals surface area contributed by atoms with Gasteiger partial charge in [0.1, 0.15) is 11.3 Å². The number of hydrogen-bond donors (Lipinski definition) is 0. The number of rotatable bonds is 2. The first-order chi connectivity index (χ1) is 8.72. The quantitative estimate of drug-likeness (QED) is 0.664. The van der Waals surface area contributed by atoms with Crippen LogP contribution in [0.25, 0.3) is 5.52 Å². The lowest BCUT2D eigenvalue weighted by atomic mass is 10.3. The molecule has 2 heterocycles. The third kappa shape index (κ3) is 2.17. The summed E-state index contributed by atoms with van der Waals surface area (Å²) in [6.45, 7) is 1.95. The largest absolute Gasteiger partial charge is 0.437 e. The number of ether oxygens (including phenoxy) is 1. The van der Waals surface area contributed by atoms with E-state index in [0.29, 0.717) is 5.88 Å². The van der Waals surface area contributed by atoms with Gasteiger partial charge in [-0.3, -0.25) is 0 Å². The molecule has 0 atom stereocenters. The van der Waals surface area contributed by atoms with Crippen LogP contribution in [0.2, 0.25) is 0 Å². The maximum Gasteiger partial charge on any atom is 0.245 e. The van der Waals surface area contributed by atoms with Gasteiger partial charge in [0.2, 0.25) is 5.88 Å². The zero-order valence-electron chi connectivity index (χ0n) is 9.67. The van der Waals surface area contributed by atoms with E-state index < -0.39 is 0 Å². The zero-order valence-corrected chi connectivity index (χ0v) is 11.8. The van der Waals surface area contributed by atoms with Crippen LogP contribution in [0.4, 0.5) is 0 Å². The van der Waals surface area contributed by atoms with Gasteiger partial charge in [0.15, 0.2) is 0 Å². The van der Waals surface area contributed by atoms with Crippen LogP contribution >= 0.6 is 22.6 Å². The monoisotopic (exact) mass is 351 g/mol. The van der Waals surface area contributed by atoms with Crippen LogP contribution in [0.3, 0.4) is 0 Å². The minimum atomic E-state index is 0.569. The number of hydrogen-bond acceptors (Lipinski definition) is 3. The van der Waals surface area contributed by atoms with Crippen molar-refractivity contribution in [2.75, 3.05) is 0 Å². The molecule has 3 rings (SSSR count). The SMILES string of the molecule is Cc1cc2c(Oc3ccc(I)cc3)nccn2n1. The van der Waals surface area contributed by atoms with Crippen molar-refractivity contribution in [1.82, 2.24) is 14.6 Å². The fourth-order valence-corrected chi connectivity index (χ4v) is 2.07. The molecule has 2 aromatic heterocycles. The van der Waals surface area contributed by atoms with E-state index in [1.54, 1.807) is 10.7 Å². The molecule has 18 heavy (non-hydrogen) atoms. The molecular formula is C13H10IN3O. The van der Waals surface area contributed by atoms with E-state index >= 15 is 0 Å². The van der Waals surface area contributed by atoms with Gasteiger partial charge in [-0.1, -0.05) is 0 Å². The highest BCUT2D eigenvalue weighted by Gasteiger charge is 2.07. The van der Waals surface area contributed by atoms with Crippen molar-refractivity contribution < 1.29 is 4.74 Å². The molecule has 0 aliphatic heterocycles. The summed E-state index contributed by atoms with van der Waals surface area (Å²) < 4.78 is 8.73. The number of aromatic nitrogens is 3. The summed E-state index contributed by atoms with van der Waals surface area (Å²) in [5, 5.41) is 4.33. The van der Waals surface area contributed by atoms with Crippen LogP contribution < -0.4 is 4.74 Å². The van der Waals surface area contributed by atoms with Crippen molar-refractivity contribution in [2.24, 2.45) is 0 Å². The number of nitrogens with zero attached hydrogens (tertiary/aromatic N) is 3. The number of aryl methyl sites for hydroxylation is 1. The standard InChI is InChI=1S/C13H10IN3O/c1-9-8-12-13(15-6-7-17(12)16-9)18-11-4-2-10(14)3-5-11/h2-8H,1H3. The van der Waals surface area contributed by atoms with Gasteiger partial charge in [-0.25, -0.2) is 9.50 Å². The van der Waals surface area contributed by atoms with Gasteiger partial charge in [0.25, 0.3) is 0 Å². The van der Waals surface area contributed by atoms with Crippen molar-refractivity contribution in [3.05, 3.63) is 52.0 Å². The molecule has 0 unspecified atom stereocenters. The van der Waals surface area contributed by atoms with Crippen molar-refractivity contribution >= 4 is 28.1 Å². The molecule has 0 aliphatic carbocycles. The molecule has 5 heteroatoms. The van der Waals surface area contributed by atoms with Gasteiger partial charge in [-0.15, -0.1) is 0 Å². The van der Waals surface area contributed by atoms with Crippen molar-refractivity contribution in [1.29, 1.82) is 0 Å². The molecule has 0 amide bonds. The Morgan fingerprint density at radius 2 is 2.00 bits per heavy atom. The summed E-state index contributed by atoms with van der Waals surface area (Å²) >= 11 is 2.26. The minimum absolute atomic E-state index is 0.569. The van der Waals surface area contributed by atoms with E-state index in [-0.39, 0.29) is 0 Å². The minimum Gasteiger partial charge on any atom is -0.437 e. The molecule has 90 valence electrons. The van der Waals surface area contributed by atoms with Crippen molar-refractivity contribution in [3.8, 4) is 11.6 Å². The van der Waals surface area contributed by atoms with Gasteiger partial charge < -0.3 is 4.74 Å². The highest BCUT2D eigenvalue weighted by atomic mass is 127. The van der Waals surface area contributed by atoms with Gasteiger partial charge >= 0.3 is 0 Å². The van der Waals surface area contributed by atoms with E-state index in [1.165, 1.54) is 3.57 Å². The first-order valence-corrected chi connectivity index (χ1v) is 6.55. The molecule has 0 radical (unpaired) electrons. The molecule has 0 saturated carbocycles. The molecule has 0 fully saturated rings. The third-order valence-corrected chi connectivity index (χ3v) is 3.22. The summed E-state index contributed by atoms with van der Waals surface area (Å²) in [6.07, 6.45) is 3.49. The van der Waals surface area contributed by atoms with Gasteiger partial charge in [0, 0.05) is 16.0 Å². The number of halogens is 1. The molecule has 0 N–H and O–H groups in total. The van der Waals surface area contributed by atoms with Gasteiger partial charge in [0.05, 0.1) is 5.69 Å². The Morgan fingerprint density at radius 3 is 2.78 bits per heavy atom. The molecule has 3 aromatic rings. The first kappa shape index (κ1) is 11.5. The smallest absolute Gasteiger partial charge is 0.245 e. The lowest BCUT2D eigenvalue weighted by Gasteiger charge is -2.05. The lowest BCUT2D eigenvalue weighted by Crippen LogP contribution is -1.93. The summed E-state index contributed by atoms with van der Waals surface area (Å²) in [7, 11) is 0. The summed E-state index contributed by atoms with van der Waals surface area (Å²) in [5.41, 5.74) is 1.81. The van der Waals surface area contributed by atoms with E-state index in [0.717, 1.165) is 17.0 Å². The predicted molar refractivity (Wildman–Crippen MR) is 77.0 cm³/mol. The average molecular weight is 351 g/mol. The van der Waals surface area contributed by atoms with Crippen LogP contribution in [0.5, 0.6) is 11.6 Å². The molecule has 0 spiro atoms. The molecule has 0 aliphatic rings. The second-order valence-corrected chi connectivity index (χ2v) is 5.15. The summed E-state index contributed by atoms with van der Waals surface area (Å²) in [4.78, 5) is 4.25. The highest BCUT2D eigenvalue weighted by molar-refractivity contribution is 14.1. The lowest BCUT2D eigenvalue weighted by molar-refractivity contribution is 0.465. The Labute approximate surface area is 118 Å². The Balaban J connectivity index is 2.01. The zero-order chi connectivity index (χ0) is 12.5. The van der Waals surface area contributed by atoms with Gasteiger partial charge in [-0.05, 0) is 59.8 Å². The second-order valence-electron chi connectivity index (χ2n) is 3.90. The van der Waals surface area contributed by atoms with Gasteiger partial charge in [-0.2, -0.15) is 5.10 Å². The fraction of sp³-hybridized carbons (Fsp3) is 0.0769. The number of fused-ring (bicyclic) bond motifs is 1.